The van der Waals surface area contributed by atoms with Crippen molar-refractivity contribution < 1.29 is 14.7 Å². The summed E-state index contributed by atoms with van der Waals surface area (Å²) in [7, 11) is 0. The molecule has 0 unspecified atom stereocenters. The number of nitriles is 1. The van der Waals surface area contributed by atoms with Crippen LogP contribution in [-0.2, 0) is 9.59 Å². The van der Waals surface area contributed by atoms with Crippen molar-refractivity contribution in [2.75, 3.05) is 29.9 Å². The predicted molar refractivity (Wildman–Crippen MR) is 121 cm³/mol. The van der Waals surface area contributed by atoms with E-state index in [1.807, 2.05) is 12.1 Å². The predicted octanol–water partition coefficient (Wildman–Crippen LogP) is 3.03. The lowest BCUT2D eigenvalue weighted by molar-refractivity contribution is -0.139. The number of anilines is 2. The molecule has 2 aliphatic heterocycles. The molecule has 2 saturated carbocycles. The molecule has 5 rings (SSSR count). The summed E-state index contributed by atoms with van der Waals surface area (Å²) in [6.07, 6.45) is 7.68. The lowest BCUT2D eigenvalue weighted by Gasteiger charge is -2.41. The average Bonchev–Trinajstić information content (AvgIpc) is 3.61. The quantitative estimate of drug-likeness (QED) is 0.756. The lowest BCUT2D eigenvalue weighted by atomic mass is 9.78. The molecule has 2 saturated heterocycles. The lowest BCUT2D eigenvalue weighted by Crippen LogP contribution is -2.50. The number of carbonyl (C=O) groups is 2. The van der Waals surface area contributed by atoms with Crippen molar-refractivity contribution in [3.63, 3.8) is 0 Å². The van der Waals surface area contributed by atoms with Crippen LogP contribution in [-0.4, -0.2) is 53.6 Å². The Bertz CT molecular complexity index is 945. The Kier molecular flexibility index (Phi) is 5.58. The van der Waals surface area contributed by atoms with E-state index in [2.05, 4.69) is 21.2 Å². The maximum Gasteiger partial charge on any atom is 0.230 e. The molecule has 0 radical (unpaired) electrons. The standard InChI is InChI=1S/C25H32N4O3/c26-15-18-14-19(27-23(31)17-2-3-17)4-9-22(18)28-12-1-10-25(16-28)11-13-29(24(25)32)20-5-7-21(30)8-6-20/h4,9,14,17,20-21,30H,1-3,5-8,10-13,16H2,(H,27,31)/t20?,21?,25-/m0/s1. The van der Waals surface area contributed by atoms with Crippen molar-refractivity contribution in [1.82, 2.24) is 4.90 Å². The number of rotatable bonds is 4. The third kappa shape index (κ3) is 3.97. The summed E-state index contributed by atoms with van der Waals surface area (Å²) in [6, 6.07) is 8.09. The first-order valence-electron chi connectivity index (χ1n) is 12.1. The Balaban J connectivity index is 1.31. The zero-order valence-electron chi connectivity index (χ0n) is 18.6. The van der Waals surface area contributed by atoms with Crippen molar-refractivity contribution in [3.05, 3.63) is 23.8 Å². The van der Waals surface area contributed by atoms with Gasteiger partial charge in [-0.25, -0.2) is 0 Å². The third-order valence-electron chi connectivity index (χ3n) is 7.90. The SMILES string of the molecule is N#Cc1cc(NC(=O)C2CC2)ccc1N1CCC[C@]2(CCN(C3CCC(O)CC3)C2=O)C1. The highest BCUT2D eigenvalue weighted by molar-refractivity contribution is 5.94. The second-order valence-electron chi connectivity index (χ2n) is 10.1. The second kappa shape index (κ2) is 8.40. The number of nitrogens with zero attached hydrogens (tertiary/aromatic N) is 3. The molecule has 2 aliphatic carbocycles. The topological polar surface area (TPSA) is 96.7 Å². The molecule has 1 aromatic rings. The van der Waals surface area contributed by atoms with E-state index < -0.39 is 0 Å². The normalized spacial score (nSPS) is 30.4. The molecule has 2 heterocycles. The van der Waals surface area contributed by atoms with Crippen LogP contribution in [0.4, 0.5) is 11.4 Å². The molecule has 2 N–H and O–H groups in total. The molecule has 7 heteroatoms. The fraction of sp³-hybridized carbons (Fsp3) is 0.640. The van der Waals surface area contributed by atoms with Crippen LogP contribution in [0.1, 0.15) is 63.4 Å². The van der Waals surface area contributed by atoms with Gasteiger partial charge in [0, 0.05) is 37.3 Å². The number of likely N-dealkylation sites (tertiary alicyclic amines) is 1. The summed E-state index contributed by atoms with van der Waals surface area (Å²) in [5.74, 6) is 0.409. The van der Waals surface area contributed by atoms with E-state index in [0.29, 0.717) is 17.8 Å². The molecular weight excluding hydrogens is 404 g/mol. The summed E-state index contributed by atoms with van der Waals surface area (Å²) in [5.41, 5.74) is 1.68. The molecule has 32 heavy (non-hydrogen) atoms. The van der Waals surface area contributed by atoms with E-state index in [9.17, 15) is 20.0 Å². The number of benzene rings is 1. The highest BCUT2D eigenvalue weighted by Crippen LogP contribution is 2.44. The minimum Gasteiger partial charge on any atom is -0.393 e. The average molecular weight is 437 g/mol. The molecule has 2 amide bonds. The van der Waals surface area contributed by atoms with Gasteiger partial charge in [-0.3, -0.25) is 9.59 Å². The van der Waals surface area contributed by atoms with Crippen molar-refractivity contribution in [2.45, 2.75) is 69.9 Å². The molecule has 4 fully saturated rings. The van der Waals surface area contributed by atoms with Gasteiger partial charge in [-0.05, 0) is 76.0 Å². The van der Waals surface area contributed by atoms with Crippen LogP contribution in [0.5, 0.6) is 0 Å². The van der Waals surface area contributed by atoms with Gasteiger partial charge in [0.15, 0.2) is 0 Å². The van der Waals surface area contributed by atoms with Gasteiger partial charge >= 0.3 is 0 Å². The largest absolute Gasteiger partial charge is 0.393 e. The third-order valence-corrected chi connectivity index (χ3v) is 7.90. The smallest absolute Gasteiger partial charge is 0.230 e. The minimum absolute atomic E-state index is 0.0328. The molecule has 4 aliphatic rings. The van der Waals surface area contributed by atoms with Crippen LogP contribution in [0.15, 0.2) is 18.2 Å². The van der Waals surface area contributed by atoms with E-state index in [1.165, 1.54) is 0 Å². The molecule has 0 bridgehead atoms. The zero-order valence-corrected chi connectivity index (χ0v) is 18.6. The number of aliphatic hydroxyl groups is 1. The number of hydrogen-bond acceptors (Lipinski definition) is 5. The van der Waals surface area contributed by atoms with E-state index >= 15 is 0 Å². The fourth-order valence-corrected chi connectivity index (χ4v) is 5.85. The van der Waals surface area contributed by atoms with E-state index in [4.69, 9.17) is 0 Å². The van der Waals surface area contributed by atoms with E-state index in [1.54, 1.807) is 6.07 Å². The van der Waals surface area contributed by atoms with Crippen molar-refractivity contribution in [2.24, 2.45) is 11.3 Å². The highest BCUT2D eigenvalue weighted by atomic mass is 16.3. The van der Waals surface area contributed by atoms with Crippen LogP contribution >= 0.6 is 0 Å². The van der Waals surface area contributed by atoms with Crippen LogP contribution in [0, 0.1) is 22.7 Å². The molecule has 1 aromatic carbocycles. The maximum atomic E-state index is 13.6. The minimum atomic E-state index is -0.375. The van der Waals surface area contributed by atoms with Gasteiger partial charge in [-0.2, -0.15) is 5.26 Å². The number of hydrogen-bond donors (Lipinski definition) is 2. The van der Waals surface area contributed by atoms with E-state index in [-0.39, 0.29) is 35.3 Å². The van der Waals surface area contributed by atoms with Gasteiger partial charge < -0.3 is 20.2 Å². The molecule has 1 atom stereocenters. The summed E-state index contributed by atoms with van der Waals surface area (Å²) >= 11 is 0. The van der Waals surface area contributed by atoms with Gasteiger partial charge in [-0.1, -0.05) is 0 Å². The Morgan fingerprint density at radius 1 is 1.12 bits per heavy atom. The summed E-state index contributed by atoms with van der Waals surface area (Å²) < 4.78 is 0. The highest BCUT2D eigenvalue weighted by Gasteiger charge is 2.50. The Hall–Kier alpha value is -2.59. The van der Waals surface area contributed by atoms with Gasteiger partial charge in [-0.15, -0.1) is 0 Å². The molecule has 1 spiro atoms. The first-order valence-corrected chi connectivity index (χ1v) is 12.1. The summed E-state index contributed by atoms with van der Waals surface area (Å²) in [6.45, 7) is 2.26. The molecule has 7 nitrogen and oxygen atoms in total. The Labute approximate surface area is 189 Å². The fourth-order valence-electron chi connectivity index (χ4n) is 5.85. The molecular formula is C25H32N4O3. The van der Waals surface area contributed by atoms with Crippen molar-refractivity contribution in [1.29, 1.82) is 5.26 Å². The molecule has 0 aromatic heterocycles. The van der Waals surface area contributed by atoms with Gasteiger partial charge in [0.2, 0.25) is 11.8 Å². The Morgan fingerprint density at radius 3 is 2.62 bits per heavy atom. The van der Waals surface area contributed by atoms with Crippen LogP contribution in [0.25, 0.3) is 0 Å². The van der Waals surface area contributed by atoms with Crippen molar-refractivity contribution >= 4 is 23.2 Å². The number of aliphatic hydroxyl groups excluding tert-OH is 1. The first kappa shape index (κ1) is 21.3. The zero-order chi connectivity index (χ0) is 22.3. The summed E-state index contributed by atoms with van der Waals surface area (Å²) in [4.78, 5) is 29.9. The maximum absolute atomic E-state index is 13.6. The van der Waals surface area contributed by atoms with Crippen LogP contribution in [0.3, 0.4) is 0 Å². The summed E-state index contributed by atoms with van der Waals surface area (Å²) in [5, 5.41) is 22.5. The number of amides is 2. The van der Waals surface area contributed by atoms with E-state index in [0.717, 1.165) is 76.6 Å². The molecule has 170 valence electrons. The van der Waals surface area contributed by atoms with Gasteiger partial charge in [0.1, 0.15) is 6.07 Å². The van der Waals surface area contributed by atoms with Crippen LogP contribution in [0.2, 0.25) is 0 Å². The second-order valence-corrected chi connectivity index (χ2v) is 10.1. The van der Waals surface area contributed by atoms with Gasteiger partial charge in [0.25, 0.3) is 0 Å². The monoisotopic (exact) mass is 436 g/mol. The number of carbonyl (C=O) groups excluding carboxylic acids is 2. The number of nitrogens with one attached hydrogen (secondary N) is 1. The Morgan fingerprint density at radius 2 is 1.91 bits per heavy atom. The first-order chi connectivity index (χ1) is 15.5. The van der Waals surface area contributed by atoms with Crippen molar-refractivity contribution in [3.8, 4) is 6.07 Å². The van der Waals surface area contributed by atoms with Crippen LogP contribution < -0.4 is 10.2 Å². The number of piperidine rings is 1. The van der Waals surface area contributed by atoms with Gasteiger partial charge in [0.05, 0.1) is 22.8 Å².